The van der Waals surface area contributed by atoms with Gasteiger partial charge in [-0.05, 0) is 23.1 Å². The first-order valence-electron chi connectivity index (χ1n) is 7.19. The Bertz CT molecular complexity index is 512. The highest BCUT2D eigenvalue weighted by Crippen LogP contribution is 2.25. The van der Waals surface area contributed by atoms with Gasteiger partial charge >= 0.3 is 0 Å². The normalized spacial score (nSPS) is 10.8. The van der Waals surface area contributed by atoms with Gasteiger partial charge in [0.1, 0.15) is 5.75 Å². The van der Waals surface area contributed by atoms with Crippen LogP contribution in [-0.4, -0.2) is 31.0 Å². The van der Waals surface area contributed by atoms with Crippen LogP contribution in [0.1, 0.15) is 39.2 Å². The molecule has 0 heterocycles. The van der Waals surface area contributed by atoms with Crippen molar-refractivity contribution in [3.8, 4) is 11.8 Å². The highest BCUT2D eigenvalue weighted by Gasteiger charge is 2.14. The third-order valence-corrected chi connectivity index (χ3v) is 3.27. The number of amides is 1. The van der Waals surface area contributed by atoms with E-state index in [1.165, 1.54) is 5.56 Å². The van der Waals surface area contributed by atoms with Gasteiger partial charge in [-0.2, -0.15) is 5.26 Å². The van der Waals surface area contributed by atoms with E-state index in [4.69, 9.17) is 10.00 Å². The van der Waals surface area contributed by atoms with Crippen LogP contribution in [0.4, 0.5) is 0 Å². The van der Waals surface area contributed by atoms with Crippen molar-refractivity contribution in [3.63, 3.8) is 0 Å². The first-order valence-corrected chi connectivity index (χ1v) is 7.19. The van der Waals surface area contributed by atoms with E-state index in [1.807, 2.05) is 24.3 Å². The lowest BCUT2D eigenvalue weighted by Crippen LogP contribution is -2.28. The van der Waals surface area contributed by atoms with Crippen LogP contribution in [0.15, 0.2) is 24.3 Å². The lowest BCUT2D eigenvalue weighted by atomic mass is 9.87. The Morgan fingerprint density at radius 3 is 2.71 bits per heavy atom. The molecule has 0 aliphatic carbocycles. The summed E-state index contributed by atoms with van der Waals surface area (Å²) in [7, 11) is 1.71. The molecule has 0 bridgehead atoms. The van der Waals surface area contributed by atoms with Crippen LogP contribution >= 0.6 is 0 Å². The fraction of sp³-hybridized carbons (Fsp3) is 0.529. The van der Waals surface area contributed by atoms with Gasteiger partial charge in [0.2, 0.25) is 5.91 Å². The lowest BCUT2D eigenvalue weighted by molar-refractivity contribution is -0.130. The monoisotopic (exact) mass is 288 g/mol. The Kier molecular flexibility index (Phi) is 6.23. The quantitative estimate of drug-likeness (QED) is 0.808. The second-order valence-electron chi connectivity index (χ2n) is 6.10. The first kappa shape index (κ1) is 17.0. The van der Waals surface area contributed by atoms with Gasteiger partial charge in [-0.1, -0.05) is 32.9 Å². The minimum Gasteiger partial charge on any atom is -0.493 e. The van der Waals surface area contributed by atoms with E-state index in [-0.39, 0.29) is 11.3 Å². The van der Waals surface area contributed by atoms with Crippen molar-refractivity contribution in [1.82, 2.24) is 4.90 Å². The molecule has 0 atom stereocenters. The third-order valence-electron chi connectivity index (χ3n) is 3.27. The van der Waals surface area contributed by atoms with E-state index in [9.17, 15) is 4.79 Å². The van der Waals surface area contributed by atoms with E-state index in [0.29, 0.717) is 26.0 Å². The summed E-state index contributed by atoms with van der Waals surface area (Å²) in [5.41, 5.74) is 1.28. The van der Waals surface area contributed by atoms with Crippen LogP contribution < -0.4 is 4.74 Å². The molecule has 0 aliphatic rings. The van der Waals surface area contributed by atoms with Crippen molar-refractivity contribution in [3.05, 3.63) is 29.8 Å². The summed E-state index contributed by atoms with van der Waals surface area (Å²) in [5, 5.41) is 8.50. The molecule has 1 rings (SSSR count). The summed E-state index contributed by atoms with van der Waals surface area (Å²) in [6.45, 7) is 7.28. The standard InChI is InChI=1S/C17H24N2O2/c1-17(2,3)14-7-5-8-15(13-14)21-12-9-16(20)19(4)11-6-10-18/h5,7-8,13H,6,9,11-12H2,1-4H3. The number of benzene rings is 1. The van der Waals surface area contributed by atoms with E-state index < -0.39 is 0 Å². The minimum atomic E-state index is -0.00257. The van der Waals surface area contributed by atoms with Gasteiger partial charge in [-0.25, -0.2) is 0 Å². The molecule has 114 valence electrons. The average molecular weight is 288 g/mol. The number of carbonyl (C=O) groups is 1. The largest absolute Gasteiger partial charge is 0.493 e. The van der Waals surface area contributed by atoms with Crippen LogP contribution in [0.2, 0.25) is 0 Å². The third kappa shape index (κ3) is 5.86. The maximum absolute atomic E-state index is 11.8. The van der Waals surface area contributed by atoms with Crippen LogP contribution in [-0.2, 0) is 10.2 Å². The van der Waals surface area contributed by atoms with Gasteiger partial charge in [-0.15, -0.1) is 0 Å². The number of nitrogens with zero attached hydrogens (tertiary/aromatic N) is 2. The van der Waals surface area contributed by atoms with Crippen molar-refractivity contribution < 1.29 is 9.53 Å². The van der Waals surface area contributed by atoms with Gasteiger partial charge in [0.25, 0.3) is 0 Å². The summed E-state index contributed by atoms with van der Waals surface area (Å²) < 4.78 is 5.65. The van der Waals surface area contributed by atoms with E-state index in [0.717, 1.165) is 5.75 Å². The zero-order valence-corrected chi connectivity index (χ0v) is 13.3. The summed E-state index contributed by atoms with van der Waals surface area (Å²) in [6.07, 6.45) is 0.679. The zero-order valence-electron chi connectivity index (χ0n) is 13.3. The Morgan fingerprint density at radius 1 is 1.38 bits per heavy atom. The summed E-state index contributed by atoms with van der Waals surface area (Å²) in [6, 6.07) is 10.00. The van der Waals surface area contributed by atoms with Crippen molar-refractivity contribution in [2.75, 3.05) is 20.2 Å². The van der Waals surface area contributed by atoms with Crippen molar-refractivity contribution in [2.45, 2.75) is 39.0 Å². The van der Waals surface area contributed by atoms with E-state index >= 15 is 0 Å². The molecule has 0 saturated heterocycles. The molecule has 1 amide bonds. The number of hydrogen-bond donors (Lipinski definition) is 0. The van der Waals surface area contributed by atoms with Crippen molar-refractivity contribution in [1.29, 1.82) is 5.26 Å². The van der Waals surface area contributed by atoms with Crippen molar-refractivity contribution >= 4 is 5.91 Å². The van der Waals surface area contributed by atoms with Gasteiger partial charge in [0, 0.05) is 13.6 Å². The number of rotatable bonds is 6. The van der Waals surface area contributed by atoms with E-state index in [2.05, 4.69) is 26.8 Å². The molecule has 0 radical (unpaired) electrons. The first-order chi connectivity index (χ1) is 9.84. The summed E-state index contributed by atoms with van der Waals surface area (Å²) in [5.74, 6) is 0.784. The average Bonchev–Trinajstić information content (AvgIpc) is 2.44. The second kappa shape index (κ2) is 7.68. The molecule has 0 fully saturated rings. The van der Waals surface area contributed by atoms with Gasteiger partial charge in [-0.3, -0.25) is 4.79 Å². The lowest BCUT2D eigenvalue weighted by Gasteiger charge is -2.20. The Hall–Kier alpha value is -2.02. The number of nitriles is 1. The predicted molar refractivity (Wildman–Crippen MR) is 83.1 cm³/mol. The van der Waals surface area contributed by atoms with Crippen LogP contribution in [0.25, 0.3) is 0 Å². The van der Waals surface area contributed by atoms with Crippen LogP contribution in [0.3, 0.4) is 0 Å². The maximum Gasteiger partial charge on any atom is 0.225 e. The molecule has 0 saturated carbocycles. The smallest absolute Gasteiger partial charge is 0.225 e. The highest BCUT2D eigenvalue weighted by atomic mass is 16.5. The number of hydrogen-bond acceptors (Lipinski definition) is 3. The zero-order chi connectivity index (χ0) is 15.9. The van der Waals surface area contributed by atoms with Gasteiger partial charge in [0.05, 0.1) is 25.5 Å². The molecule has 4 heteroatoms. The topological polar surface area (TPSA) is 53.3 Å². The molecule has 4 nitrogen and oxygen atoms in total. The highest BCUT2D eigenvalue weighted by molar-refractivity contribution is 5.75. The predicted octanol–water partition coefficient (Wildman–Crippen LogP) is 3.13. The minimum absolute atomic E-state index is 0.00257. The molecule has 0 aromatic heterocycles. The summed E-state index contributed by atoms with van der Waals surface area (Å²) in [4.78, 5) is 13.4. The molecule has 0 spiro atoms. The van der Waals surface area contributed by atoms with Crippen molar-refractivity contribution in [2.24, 2.45) is 0 Å². The fourth-order valence-electron chi connectivity index (χ4n) is 1.84. The van der Waals surface area contributed by atoms with Crippen LogP contribution in [0, 0.1) is 11.3 Å². The Labute approximate surface area is 127 Å². The molecule has 0 unspecified atom stereocenters. The maximum atomic E-state index is 11.8. The SMILES string of the molecule is CN(CCC#N)C(=O)CCOc1cccc(C(C)(C)C)c1. The van der Waals surface area contributed by atoms with Crippen LogP contribution in [0.5, 0.6) is 5.75 Å². The molecule has 1 aromatic rings. The molecular weight excluding hydrogens is 264 g/mol. The number of carbonyl (C=O) groups excluding carboxylic acids is 1. The van der Waals surface area contributed by atoms with Gasteiger partial charge < -0.3 is 9.64 Å². The van der Waals surface area contributed by atoms with E-state index in [1.54, 1.807) is 11.9 Å². The molecule has 21 heavy (non-hydrogen) atoms. The molecular formula is C17H24N2O2. The Balaban J connectivity index is 2.46. The molecule has 0 aliphatic heterocycles. The fourth-order valence-corrected chi connectivity index (χ4v) is 1.84. The Morgan fingerprint density at radius 2 is 2.10 bits per heavy atom. The molecule has 0 N–H and O–H groups in total. The summed E-state index contributed by atoms with van der Waals surface area (Å²) >= 11 is 0. The molecule has 1 aromatic carbocycles. The van der Waals surface area contributed by atoms with Gasteiger partial charge in [0.15, 0.2) is 0 Å². The second-order valence-corrected chi connectivity index (χ2v) is 6.10. The number of ether oxygens (including phenoxy) is 1.